The van der Waals surface area contributed by atoms with Gasteiger partial charge in [-0.15, -0.1) is 0 Å². The standard InChI is InChI=1S/C11H12ClNO6/c1-17-8-4-6(3-7(12)10(8)18-2)11(16)13-19-5-9(14)15/h3-4H,5H2,1-2H3,(H,13,16)(H,14,15). The van der Waals surface area contributed by atoms with E-state index in [4.69, 9.17) is 26.2 Å². The van der Waals surface area contributed by atoms with E-state index >= 15 is 0 Å². The largest absolute Gasteiger partial charge is 0.493 e. The highest BCUT2D eigenvalue weighted by Gasteiger charge is 2.15. The molecule has 0 saturated carbocycles. The Kier molecular flexibility index (Phi) is 5.40. The summed E-state index contributed by atoms with van der Waals surface area (Å²) in [6.45, 7) is -0.646. The van der Waals surface area contributed by atoms with Crippen molar-refractivity contribution in [3.8, 4) is 11.5 Å². The number of nitrogens with one attached hydrogen (secondary N) is 1. The molecule has 0 bridgehead atoms. The molecule has 0 radical (unpaired) electrons. The molecule has 19 heavy (non-hydrogen) atoms. The molecule has 0 fully saturated rings. The monoisotopic (exact) mass is 289 g/mol. The third-order valence-corrected chi connectivity index (χ3v) is 2.34. The number of halogens is 1. The third-order valence-electron chi connectivity index (χ3n) is 2.06. The van der Waals surface area contributed by atoms with Crippen molar-refractivity contribution < 1.29 is 29.0 Å². The number of amides is 1. The van der Waals surface area contributed by atoms with Gasteiger partial charge in [0.25, 0.3) is 5.91 Å². The Labute approximate surface area is 114 Å². The molecule has 0 aliphatic rings. The van der Waals surface area contributed by atoms with Crippen LogP contribution in [0.5, 0.6) is 11.5 Å². The Morgan fingerprint density at radius 2 is 2.00 bits per heavy atom. The lowest BCUT2D eigenvalue weighted by Crippen LogP contribution is -2.26. The number of hydroxylamine groups is 1. The second-order valence-corrected chi connectivity index (χ2v) is 3.71. The van der Waals surface area contributed by atoms with Gasteiger partial charge >= 0.3 is 5.97 Å². The molecular weight excluding hydrogens is 278 g/mol. The highest BCUT2D eigenvalue weighted by molar-refractivity contribution is 6.32. The molecule has 8 heteroatoms. The third kappa shape index (κ3) is 4.01. The van der Waals surface area contributed by atoms with Crippen molar-refractivity contribution in [2.75, 3.05) is 20.8 Å². The highest BCUT2D eigenvalue weighted by atomic mass is 35.5. The van der Waals surface area contributed by atoms with Gasteiger partial charge in [0, 0.05) is 5.56 Å². The van der Waals surface area contributed by atoms with Gasteiger partial charge < -0.3 is 14.6 Å². The van der Waals surface area contributed by atoms with Crippen LogP contribution in [0.15, 0.2) is 12.1 Å². The van der Waals surface area contributed by atoms with E-state index in [1.54, 1.807) is 0 Å². The summed E-state index contributed by atoms with van der Waals surface area (Å²) in [5.41, 5.74) is 2.12. The minimum Gasteiger partial charge on any atom is -0.493 e. The van der Waals surface area contributed by atoms with Crippen LogP contribution >= 0.6 is 11.6 Å². The Balaban J connectivity index is 2.86. The van der Waals surface area contributed by atoms with Gasteiger partial charge in [0.2, 0.25) is 0 Å². The fourth-order valence-corrected chi connectivity index (χ4v) is 1.56. The smallest absolute Gasteiger partial charge is 0.332 e. The lowest BCUT2D eigenvalue weighted by atomic mass is 10.2. The number of rotatable bonds is 6. The molecule has 0 saturated heterocycles. The number of aliphatic carboxylic acids is 1. The van der Waals surface area contributed by atoms with E-state index in [0.29, 0.717) is 5.75 Å². The Morgan fingerprint density at radius 3 is 2.53 bits per heavy atom. The van der Waals surface area contributed by atoms with Crippen molar-refractivity contribution in [3.63, 3.8) is 0 Å². The molecular formula is C11H12ClNO6. The van der Waals surface area contributed by atoms with E-state index in [1.165, 1.54) is 26.4 Å². The van der Waals surface area contributed by atoms with Gasteiger partial charge in [-0.1, -0.05) is 11.6 Å². The molecule has 0 unspecified atom stereocenters. The minimum absolute atomic E-state index is 0.146. The van der Waals surface area contributed by atoms with Crippen molar-refractivity contribution >= 4 is 23.5 Å². The van der Waals surface area contributed by atoms with E-state index in [9.17, 15) is 9.59 Å². The average Bonchev–Trinajstić information content (AvgIpc) is 2.37. The summed E-state index contributed by atoms with van der Waals surface area (Å²) >= 11 is 5.92. The zero-order valence-corrected chi connectivity index (χ0v) is 11.0. The van der Waals surface area contributed by atoms with E-state index in [0.717, 1.165) is 0 Å². The lowest BCUT2D eigenvalue weighted by Gasteiger charge is -2.11. The second kappa shape index (κ2) is 6.81. The summed E-state index contributed by atoms with van der Waals surface area (Å²) in [5.74, 6) is -1.28. The Hall–Kier alpha value is -1.99. The number of carbonyl (C=O) groups excluding carboxylic acids is 1. The van der Waals surface area contributed by atoms with E-state index in [-0.39, 0.29) is 16.3 Å². The molecule has 0 atom stereocenters. The topological polar surface area (TPSA) is 94.1 Å². The molecule has 0 aromatic heterocycles. The number of carbonyl (C=O) groups is 2. The van der Waals surface area contributed by atoms with Gasteiger partial charge in [0.05, 0.1) is 19.2 Å². The number of carboxylic acid groups (broad SMARTS) is 1. The van der Waals surface area contributed by atoms with Crippen molar-refractivity contribution in [3.05, 3.63) is 22.7 Å². The second-order valence-electron chi connectivity index (χ2n) is 3.31. The summed E-state index contributed by atoms with van der Waals surface area (Å²) in [5, 5.41) is 8.54. The van der Waals surface area contributed by atoms with Crippen LogP contribution in [0.25, 0.3) is 0 Å². The van der Waals surface area contributed by atoms with Gasteiger partial charge in [-0.2, -0.15) is 0 Å². The van der Waals surface area contributed by atoms with Crippen molar-refractivity contribution in [1.82, 2.24) is 5.48 Å². The first-order valence-electron chi connectivity index (χ1n) is 5.05. The molecule has 0 heterocycles. The molecule has 1 aromatic rings. The summed E-state index contributed by atoms with van der Waals surface area (Å²) in [4.78, 5) is 26.4. The molecule has 0 aliphatic carbocycles. The molecule has 2 N–H and O–H groups in total. The first-order valence-corrected chi connectivity index (χ1v) is 5.42. The number of hydrogen-bond donors (Lipinski definition) is 2. The van der Waals surface area contributed by atoms with E-state index < -0.39 is 18.5 Å². The molecule has 0 spiro atoms. The summed E-state index contributed by atoms with van der Waals surface area (Å²) < 4.78 is 10.0. The maximum Gasteiger partial charge on any atom is 0.332 e. The molecule has 1 amide bonds. The van der Waals surface area contributed by atoms with Crippen LogP contribution in [0.3, 0.4) is 0 Å². The van der Waals surface area contributed by atoms with Crippen LogP contribution in [0.2, 0.25) is 5.02 Å². The maximum atomic E-state index is 11.7. The highest BCUT2D eigenvalue weighted by Crippen LogP contribution is 2.35. The zero-order chi connectivity index (χ0) is 14.4. The van der Waals surface area contributed by atoms with Gasteiger partial charge in [-0.3, -0.25) is 9.63 Å². The van der Waals surface area contributed by atoms with Crippen LogP contribution in [-0.2, 0) is 9.63 Å². The Morgan fingerprint density at radius 1 is 1.32 bits per heavy atom. The predicted molar refractivity (Wildman–Crippen MR) is 65.6 cm³/mol. The van der Waals surface area contributed by atoms with Gasteiger partial charge in [-0.05, 0) is 12.1 Å². The number of carboxylic acids is 1. The summed E-state index contributed by atoms with van der Waals surface area (Å²) in [6, 6.07) is 2.74. The number of methoxy groups -OCH3 is 2. The SMILES string of the molecule is COc1cc(C(=O)NOCC(=O)O)cc(Cl)c1OC. The van der Waals surface area contributed by atoms with Crippen LogP contribution in [0.1, 0.15) is 10.4 Å². The first-order chi connectivity index (χ1) is 8.99. The quantitative estimate of drug-likeness (QED) is 0.762. The zero-order valence-electron chi connectivity index (χ0n) is 10.2. The van der Waals surface area contributed by atoms with Gasteiger partial charge in [0.15, 0.2) is 18.1 Å². The summed E-state index contributed by atoms with van der Waals surface area (Å²) in [6.07, 6.45) is 0. The summed E-state index contributed by atoms with van der Waals surface area (Å²) in [7, 11) is 2.82. The van der Waals surface area contributed by atoms with Crippen LogP contribution in [0.4, 0.5) is 0 Å². The van der Waals surface area contributed by atoms with E-state index in [1.807, 2.05) is 5.48 Å². The molecule has 1 aromatic carbocycles. The predicted octanol–water partition coefficient (Wildman–Crippen LogP) is 1.10. The van der Waals surface area contributed by atoms with Crippen molar-refractivity contribution in [2.45, 2.75) is 0 Å². The average molecular weight is 290 g/mol. The maximum absolute atomic E-state index is 11.7. The molecule has 0 aliphatic heterocycles. The van der Waals surface area contributed by atoms with E-state index in [2.05, 4.69) is 4.84 Å². The fourth-order valence-electron chi connectivity index (χ4n) is 1.27. The molecule has 1 rings (SSSR count). The van der Waals surface area contributed by atoms with Crippen molar-refractivity contribution in [1.29, 1.82) is 0 Å². The van der Waals surface area contributed by atoms with Crippen LogP contribution in [0, 0.1) is 0 Å². The fraction of sp³-hybridized carbons (Fsp3) is 0.273. The normalized spacial score (nSPS) is 9.84. The van der Waals surface area contributed by atoms with Crippen LogP contribution in [-0.4, -0.2) is 37.8 Å². The Bertz CT molecular complexity index is 490. The first kappa shape index (κ1) is 15.1. The number of hydrogen-bond acceptors (Lipinski definition) is 5. The van der Waals surface area contributed by atoms with Gasteiger partial charge in [-0.25, -0.2) is 10.3 Å². The lowest BCUT2D eigenvalue weighted by molar-refractivity contribution is -0.144. The van der Waals surface area contributed by atoms with Crippen molar-refractivity contribution in [2.24, 2.45) is 0 Å². The van der Waals surface area contributed by atoms with Gasteiger partial charge in [0.1, 0.15) is 0 Å². The van der Waals surface area contributed by atoms with Crippen LogP contribution < -0.4 is 15.0 Å². The number of ether oxygens (including phenoxy) is 2. The minimum atomic E-state index is -1.20. The number of benzene rings is 1. The molecule has 104 valence electrons. The molecule has 7 nitrogen and oxygen atoms in total.